The first kappa shape index (κ1) is 28.7. The van der Waals surface area contributed by atoms with Crippen LogP contribution in [0.1, 0.15) is 18.1 Å². The number of benzene rings is 4. The smallest absolute Gasteiger partial charge is 0.264 e. The molecule has 0 aliphatic carbocycles. The van der Waals surface area contributed by atoms with E-state index >= 15 is 0 Å². The van der Waals surface area contributed by atoms with Crippen molar-refractivity contribution in [1.29, 1.82) is 0 Å². The summed E-state index contributed by atoms with van der Waals surface area (Å²) in [6.45, 7) is 2.19. The molecule has 8 nitrogen and oxygen atoms in total. The largest absolute Gasteiger partial charge is 0.490 e. The lowest BCUT2D eigenvalue weighted by Crippen LogP contribution is -2.39. The summed E-state index contributed by atoms with van der Waals surface area (Å²) in [5, 5.41) is 4.36. The average Bonchev–Trinajstić information content (AvgIpc) is 2.96. The molecule has 0 heterocycles. The number of sulfonamides is 1. The van der Waals surface area contributed by atoms with E-state index in [1.54, 1.807) is 54.6 Å². The molecule has 0 atom stereocenters. The van der Waals surface area contributed by atoms with Crippen molar-refractivity contribution in [1.82, 2.24) is 5.43 Å². The Morgan fingerprint density at radius 1 is 0.900 bits per heavy atom. The van der Waals surface area contributed by atoms with Gasteiger partial charge in [-0.05, 0) is 66.6 Å². The van der Waals surface area contributed by atoms with E-state index in [4.69, 9.17) is 21.1 Å². The molecule has 0 aromatic heterocycles. The lowest BCUT2D eigenvalue weighted by Gasteiger charge is -2.23. The zero-order valence-electron chi connectivity index (χ0n) is 21.7. The molecular weight excluding hydrogens is 550 g/mol. The van der Waals surface area contributed by atoms with E-state index in [-0.39, 0.29) is 10.6 Å². The zero-order chi connectivity index (χ0) is 28.4. The maximum atomic E-state index is 13.4. The number of carbonyl (C=O) groups excluding carboxylic acids is 1. The second-order valence-electron chi connectivity index (χ2n) is 8.51. The van der Waals surface area contributed by atoms with Gasteiger partial charge in [0, 0.05) is 5.02 Å². The molecule has 1 amide bonds. The first-order valence-corrected chi connectivity index (χ1v) is 14.3. The van der Waals surface area contributed by atoms with Crippen LogP contribution in [0.15, 0.2) is 113 Å². The summed E-state index contributed by atoms with van der Waals surface area (Å²) in [6.07, 6.45) is 1.44. The average molecular weight is 578 g/mol. The molecule has 0 saturated carbocycles. The molecule has 0 bridgehead atoms. The number of hydrogen-bond acceptors (Lipinski definition) is 6. The van der Waals surface area contributed by atoms with Crippen LogP contribution in [-0.2, 0) is 21.4 Å². The first-order chi connectivity index (χ1) is 19.4. The van der Waals surface area contributed by atoms with Gasteiger partial charge in [0.15, 0.2) is 11.5 Å². The predicted molar refractivity (Wildman–Crippen MR) is 157 cm³/mol. The Balaban J connectivity index is 1.46. The molecule has 40 heavy (non-hydrogen) atoms. The Labute approximate surface area is 238 Å². The number of nitrogens with one attached hydrogen (secondary N) is 1. The first-order valence-electron chi connectivity index (χ1n) is 12.5. The van der Waals surface area contributed by atoms with E-state index in [0.717, 1.165) is 9.87 Å². The number of carbonyl (C=O) groups is 1. The molecule has 0 radical (unpaired) electrons. The van der Waals surface area contributed by atoms with E-state index in [9.17, 15) is 13.2 Å². The topological polar surface area (TPSA) is 97.3 Å². The molecule has 0 spiro atoms. The van der Waals surface area contributed by atoms with E-state index in [1.807, 2.05) is 37.3 Å². The molecule has 0 fully saturated rings. The van der Waals surface area contributed by atoms with Gasteiger partial charge in [-0.3, -0.25) is 9.10 Å². The lowest BCUT2D eigenvalue weighted by molar-refractivity contribution is -0.119. The minimum atomic E-state index is -4.05. The van der Waals surface area contributed by atoms with Crippen LogP contribution in [-0.4, -0.2) is 33.7 Å². The second kappa shape index (κ2) is 13.6. The number of anilines is 1. The quantitative estimate of drug-likeness (QED) is 0.173. The summed E-state index contributed by atoms with van der Waals surface area (Å²) in [7, 11) is -4.05. The third-order valence-corrected chi connectivity index (χ3v) is 7.65. The van der Waals surface area contributed by atoms with Crippen molar-refractivity contribution in [3.63, 3.8) is 0 Å². The van der Waals surface area contributed by atoms with Crippen LogP contribution in [0.4, 0.5) is 5.69 Å². The summed E-state index contributed by atoms with van der Waals surface area (Å²) in [6, 6.07) is 29.2. The van der Waals surface area contributed by atoms with Gasteiger partial charge in [-0.1, -0.05) is 66.2 Å². The van der Waals surface area contributed by atoms with Gasteiger partial charge in [0.05, 0.1) is 23.4 Å². The number of hydrazone groups is 1. The molecule has 4 aromatic carbocycles. The summed E-state index contributed by atoms with van der Waals surface area (Å²) >= 11 is 6.11. The Hall–Kier alpha value is -4.34. The molecule has 4 aromatic rings. The monoisotopic (exact) mass is 577 g/mol. The fourth-order valence-electron chi connectivity index (χ4n) is 3.74. The maximum absolute atomic E-state index is 13.4. The fourth-order valence-corrected chi connectivity index (χ4v) is 5.36. The van der Waals surface area contributed by atoms with Crippen molar-refractivity contribution in [2.24, 2.45) is 5.10 Å². The molecular formula is C30H28ClN3O5S. The Bertz CT molecular complexity index is 1570. The zero-order valence-corrected chi connectivity index (χ0v) is 23.3. The summed E-state index contributed by atoms with van der Waals surface area (Å²) in [5.74, 6) is 0.480. The van der Waals surface area contributed by atoms with E-state index in [2.05, 4.69) is 10.5 Å². The van der Waals surface area contributed by atoms with Gasteiger partial charge in [-0.25, -0.2) is 13.8 Å². The molecule has 0 saturated heterocycles. The number of amides is 1. The van der Waals surface area contributed by atoms with E-state index in [1.165, 1.54) is 24.4 Å². The molecule has 10 heteroatoms. The Kier molecular flexibility index (Phi) is 9.77. The SMILES string of the molecule is CCOc1cc(/C=N\NC(=O)CN(c2cccc(Cl)c2)S(=O)(=O)c2ccccc2)ccc1OCc1ccccc1. The third-order valence-electron chi connectivity index (χ3n) is 5.62. The molecule has 0 unspecified atom stereocenters. The van der Waals surface area contributed by atoms with Crippen molar-refractivity contribution in [3.8, 4) is 11.5 Å². The fraction of sp³-hybridized carbons (Fsp3) is 0.133. The van der Waals surface area contributed by atoms with E-state index < -0.39 is 22.5 Å². The molecule has 0 aliphatic heterocycles. The van der Waals surface area contributed by atoms with Gasteiger partial charge in [0.1, 0.15) is 13.2 Å². The summed E-state index contributed by atoms with van der Waals surface area (Å²) in [5.41, 5.74) is 4.33. The highest BCUT2D eigenvalue weighted by molar-refractivity contribution is 7.92. The van der Waals surface area contributed by atoms with Crippen LogP contribution >= 0.6 is 11.6 Å². The molecule has 0 aliphatic rings. The van der Waals surface area contributed by atoms with Crippen molar-refractivity contribution in [2.75, 3.05) is 17.5 Å². The highest BCUT2D eigenvalue weighted by atomic mass is 35.5. The summed E-state index contributed by atoms with van der Waals surface area (Å²) in [4.78, 5) is 12.9. The highest BCUT2D eigenvalue weighted by Crippen LogP contribution is 2.29. The second-order valence-corrected chi connectivity index (χ2v) is 10.8. The van der Waals surface area contributed by atoms with Gasteiger partial charge in [-0.15, -0.1) is 0 Å². The highest BCUT2D eigenvalue weighted by Gasteiger charge is 2.27. The van der Waals surface area contributed by atoms with Gasteiger partial charge >= 0.3 is 0 Å². The van der Waals surface area contributed by atoms with Crippen molar-refractivity contribution < 1.29 is 22.7 Å². The third kappa shape index (κ3) is 7.62. The number of nitrogens with zero attached hydrogens (tertiary/aromatic N) is 2. The number of halogens is 1. The van der Waals surface area contributed by atoms with Gasteiger partial charge in [0.2, 0.25) is 0 Å². The van der Waals surface area contributed by atoms with E-state index in [0.29, 0.717) is 35.3 Å². The van der Waals surface area contributed by atoms with Crippen LogP contribution in [0.5, 0.6) is 11.5 Å². The molecule has 206 valence electrons. The summed E-state index contributed by atoms with van der Waals surface area (Å²) < 4.78 is 39.4. The minimum Gasteiger partial charge on any atom is -0.490 e. The van der Waals surface area contributed by atoms with Crippen LogP contribution in [0, 0.1) is 0 Å². The maximum Gasteiger partial charge on any atom is 0.264 e. The van der Waals surface area contributed by atoms with Crippen molar-refractivity contribution in [3.05, 3.63) is 119 Å². The predicted octanol–water partition coefficient (Wildman–Crippen LogP) is 5.66. The molecule has 4 rings (SSSR count). The van der Waals surface area contributed by atoms with Crippen LogP contribution < -0.4 is 19.2 Å². The molecule has 1 N–H and O–H groups in total. The van der Waals surface area contributed by atoms with Crippen LogP contribution in [0.2, 0.25) is 5.02 Å². The van der Waals surface area contributed by atoms with Crippen LogP contribution in [0.25, 0.3) is 0 Å². The number of ether oxygens (including phenoxy) is 2. The number of rotatable bonds is 12. The minimum absolute atomic E-state index is 0.0457. The Morgan fingerprint density at radius 3 is 2.33 bits per heavy atom. The Morgan fingerprint density at radius 2 is 1.62 bits per heavy atom. The standard InChI is InChI=1S/C30H28ClN3O5S/c1-2-38-29-18-24(16-17-28(29)39-22-23-10-5-3-6-11-23)20-32-33-30(35)21-34(26-13-9-12-25(31)19-26)40(36,37)27-14-7-4-8-15-27/h3-20H,2,21-22H2,1H3,(H,33,35)/b32-20-. The lowest BCUT2D eigenvalue weighted by atomic mass is 10.2. The van der Waals surface area contributed by atoms with Crippen LogP contribution in [0.3, 0.4) is 0 Å². The van der Waals surface area contributed by atoms with Gasteiger partial charge in [-0.2, -0.15) is 5.10 Å². The van der Waals surface area contributed by atoms with Crippen molar-refractivity contribution in [2.45, 2.75) is 18.4 Å². The number of hydrogen-bond donors (Lipinski definition) is 1. The van der Waals surface area contributed by atoms with Gasteiger partial charge < -0.3 is 9.47 Å². The van der Waals surface area contributed by atoms with Gasteiger partial charge in [0.25, 0.3) is 15.9 Å². The normalized spacial score (nSPS) is 11.2. The van der Waals surface area contributed by atoms with Crippen molar-refractivity contribution >= 4 is 39.4 Å².